The molecule has 0 atom stereocenters. The molecule has 166 valence electrons. The van der Waals surface area contributed by atoms with Crippen LogP contribution in [0, 0.1) is 0 Å². The summed E-state index contributed by atoms with van der Waals surface area (Å²) in [5.74, 6) is 0.722. The summed E-state index contributed by atoms with van der Waals surface area (Å²) in [6.07, 6.45) is 7.29. The van der Waals surface area contributed by atoms with Gasteiger partial charge in [-0.15, -0.1) is 5.10 Å². The SMILES string of the molecule is CCOC(=O)Cn1cc(-c2cnc(NC3Cc4ccccc4C3)nc2)c(OC2CNC2)n1. The number of ether oxygens (including phenoxy) is 2. The Morgan fingerprint density at radius 3 is 2.53 bits per heavy atom. The number of aromatic nitrogens is 4. The van der Waals surface area contributed by atoms with Crippen LogP contribution >= 0.6 is 0 Å². The molecule has 9 nitrogen and oxygen atoms in total. The van der Waals surface area contributed by atoms with Gasteiger partial charge < -0.3 is 20.1 Å². The Kier molecular flexibility index (Phi) is 5.72. The summed E-state index contributed by atoms with van der Waals surface area (Å²) < 4.78 is 12.6. The second-order valence-electron chi connectivity index (χ2n) is 8.06. The zero-order valence-electron chi connectivity index (χ0n) is 18.0. The molecule has 1 aliphatic carbocycles. The first-order valence-electron chi connectivity index (χ1n) is 10.9. The maximum Gasteiger partial charge on any atom is 0.327 e. The van der Waals surface area contributed by atoms with E-state index >= 15 is 0 Å². The largest absolute Gasteiger partial charge is 0.470 e. The molecule has 32 heavy (non-hydrogen) atoms. The molecule has 2 aromatic heterocycles. The number of hydrogen-bond acceptors (Lipinski definition) is 8. The Morgan fingerprint density at radius 2 is 1.91 bits per heavy atom. The molecular weight excluding hydrogens is 408 g/mol. The van der Waals surface area contributed by atoms with E-state index in [1.54, 1.807) is 25.5 Å². The van der Waals surface area contributed by atoms with Crippen LogP contribution in [-0.2, 0) is 28.9 Å². The lowest BCUT2D eigenvalue weighted by Gasteiger charge is -2.27. The number of rotatable bonds is 8. The Balaban J connectivity index is 1.31. The van der Waals surface area contributed by atoms with Gasteiger partial charge in [-0.05, 0) is 30.9 Å². The van der Waals surface area contributed by atoms with Crippen molar-refractivity contribution in [3.8, 4) is 17.0 Å². The van der Waals surface area contributed by atoms with Crippen LogP contribution in [0.4, 0.5) is 5.95 Å². The smallest absolute Gasteiger partial charge is 0.327 e. The van der Waals surface area contributed by atoms with Crippen molar-refractivity contribution in [2.24, 2.45) is 0 Å². The van der Waals surface area contributed by atoms with E-state index in [-0.39, 0.29) is 24.7 Å². The molecule has 3 aromatic rings. The van der Waals surface area contributed by atoms with Gasteiger partial charge in [0.15, 0.2) is 0 Å². The number of carbonyl (C=O) groups is 1. The summed E-state index contributed by atoms with van der Waals surface area (Å²) in [6, 6.07) is 8.79. The average Bonchev–Trinajstić information content (AvgIpc) is 3.34. The number of fused-ring (bicyclic) bond motifs is 1. The van der Waals surface area contributed by atoms with Crippen LogP contribution in [0.5, 0.6) is 5.88 Å². The number of benzene rings is 1. The predicted molar refractivity (Wildman–Crippen MR) is 118 cm³/mol. The highest BCUT2D eigenvalue weighted by atomic mass is 16.5. The summed E-state index contributed by atoms with van der Waals surface area (Å²) in [5, 5.41) is 11.1. The first-order chi connectivity index (χ1) is 15.7. The van der Waals surface area contributed by atoms with Gasteiger partial charge in [-0.2, -0.15) is 0 Å². The zero-order chi connectivity index (χ0) is 21.9. The van der Waals surface area contributed by atoms with Crippen molar-refractivity contribution < 1.29 is 14.3 Å². The number of nitrogens with one attached hydrogen (secondary N) is 2. The van der Waals surface area contributed by atoms with Gasteiger partial charge in [0.05, 0.1) is 12.2 Å². The van der Waals surface area contributed by atoms with E-state index in [0.717, 1.165) is 37.1 Å². The third-order valence-corrected chi connectivity index (χ3v) is 5.69. The lowest BCUT2D eigenvalue weighted by Crippen LogP contribution is -2.50. The molecule has 1 fully saturated rings. The molecule has 3 heterocycles. The fourth-order valence-corrected chi connectivity index (χ4v) is 4.00. The molecule has 1 saturated heterocycles. The molecule has 2 N–H and O–H groups in total. The number of esters is 1. The molecule has 0 unspecified atom stereocenters. The van der Waals surface area contributed by atoms with Crippen molar-refractivity contribution in [3.05, 3.63) is 54.0 Å². The van der Waals surface area contributed by atoms with Crippen LogP contribution in [0.25, 0.3) is 11.1 Å². The fraction of sp³-hybridized carbons (Fsp3) is 0.391. The first kappa shape index (κ1) is 20.4. The van der Waals surface area contributed by atoms with Crippen molar-refractivity contribution >= 4 is 11.9 Å². The van der Waals surface area contributed by atoms with Crippen LogP contribution in [0.2, 0.25) is 0 Å². The van der Waals surface area contributed by atoms with Gasteiger partial charge in [0.1, 0.15) is 12.6 Å². The summed E-state index contributed by atoms with van der Waals surface area (Å²) in [7, 11) is 0. The number of nitrogens with zero attached hydrogens (tertiary/aromatic N) is 4. The van der Waals surface area contributed by atoms with Gasteiger partial charge >= 0.3 is 5.97 Å². The van der Waals surface area contributed by atoms with E-state index in [0.29, 0.717) is 18.4 Å². The van der Waals surface area contributed by atoms with E-state index in [4.69, 9.17) is 9.47 Å². The molecule has 0 radical (unpaired) electrons. The third-order valence-electron chi connectivity index (χ3n) is 5.69. The van der Waals surface area contributed by atoms with E-state index in [2.05, 4.69) is 50.0 Å². The van der Waals surface area contributed by atoms with Gasteiger partial charge in [0, 0.05) is 43.3 Å². The van der Waals surface area contributed by atoms with Crippen LogP contribution in [0.15, 0.2) is 42.9 Å². The molecule has 0 amide bonds. The standard InChI is InChI=1S/C23H26N6O3/c1-2-31-21(30)14-29-13-20(22(28-29)32-19-11-24-12-19)17-9-25-23(26-10-17)27-18-7-15-5-3-4-6-16(15)8-18/h3-6,9-10,13,18-19,24H,2,7-8,11-12,14H2,1H3,(H,25,26,27). The van der Waals surface area contributed by atoms with Gasteiger partial charge in [-0.1, -0.05) is 24.3 Å². The summed E-state index contributed by atoms with van der Waals surface area (Å²) in [6.45, 7) is 3.68. The molecule has 9 heteroatoms. The molecule has 2 aliphatic rings. The normalized spacial score (nSPS) is 15.8. The molecule has 5 rings (SSSR count). The van der Waals surface area contributed by atoms with Gasteiger partial charge in [0.2, 0.25) is 11.8 Å². The second-order valence-corrected chi connectivity index (χ2v) is 8.06. The van der Waals surface area contributed by atoms with Crippen LogP contribution in [0.1, 0.15) is 18.1 Å². The van der Waals surface area contributed by atoms with Crippen molar-refractivity contribution in [3.63, 3.8) is 0 Å². The maximum absolute atomic E-state index is 11.9. The molecule has 0 saturated carbocycles. The topological polar surface area (TPSA) is 103 Å². The predicted octanol–water partition coefficient (Wildman–Crippen LogP) is 1.83. The van der Waals surface area contributed by atoms with Crippen molar-refractivity contribution in [2.45, 2.75) is 38.5 Å². The molecule has 0 spiro atoms. The monoisotopic (exact) mass is 434 g/mol. The molecule has 1 aliphatic heterocycles. The van der Waals surface area contributed by atoms with Crippen LogP contribution in [0.3, 0.4) is 0 Å². The molecule has 0 bridgehead atoms. The summed E-state index contributed by atoms with van der Waals surface area (Å²) >= 11 is 0. The second kappa shape index (κ2) is 8.96. The Morgan fingerprint density at radius 1 is 1.19 bits per heavy atom. The van der Waals surface area contributed by atoms with Crippen molar-refractivity contribution in [2.75, 3.05) is 25.0 Å². The van der Waals surface area contributed by atoms with Crippen molar-refractivity contribution in [1.29, 1.82) is 0 Å². The highest BCUT2D eigenvalue weighted by Gasteiger charge is 2.24. The third kappa shape index (κ3) is 4.43. The fourth-order valence-electron chi connectivity index (χ4n) is 4.00. The Hall–Kier alpha value is -3.46. The van der Waals surface area contributed by atoms with Crippen LogP contribution < -0.4 is 15.4 Å². The average molecular weight is 435 g/mol. The van der Waals surface area contributed by atoms with E-state index in [1.165, 1.54) is 15.8 Å². The van der Waals surface area contributed by atoms with Gasteiger partial charge in [0.25, 0.3) is 0 Å². The number of hydrogen-bond donors (Lipinski definition) is 2. The quantitative estimate of drug-likeness (QED) is 0.518. The first-order valence-corrected chi connectivity index (χ1v) is 10.9. The van der Waals surface area contributed by atoms with E-state index in [1.807, 2.05) is 0 Å². The minimum atomic E-state index is -0.341. The van der Waals surface area contributed by atoms with Gasteiger partial charge in [-0.3, -0.25) is 9.48 Å². The Bertz CT molecular complexity index is 1070. The zero-order valence-corrected chi connectivity index (χ0v) is 18.0. The lowest BCUT2D eigenvalue weighted by molar-refractivity contribution is -0.144. The van der Waals surface area contributed by atoms with Crippen molar-refractivity contribution in [1.82, 2.24) is 25.1 Å². The molecule has 1 aromatic carbocycles. The van der Waals surface area contributed by atoms with Gasteiger partial charge in [-0.25, -0.2) is 9.97 Å². The number of carbonyl (C=O) groups excluding carboxylic acids is 1. The lowest BCUT2D eigenvalue weighted by atomic mass is 10.1. The maximum atomic E-state index is 11.9. The Labute approximate surface area is 186 Å². The minimum absolute atomic E-state index is 0.0237. The van der Waals surface area contributed by atoms with E-state index in [9.17, 15) is 4.79 Å². The van der Waals surface area contributed by atoms with Crippen LogP contribution in [-0.4, -0.2) is 57.6 Å². The summed E-state index contributed by atoms with van der Waals surface area (Å²) in [4.78, 5) is 20.9. The van der Waals surface area contributed by atoms with E-state index < -0.39 is 0 Å². The highest BCUT2D eigenvalue weighted by molar-refractivity contribution is 5.71. The highest BCUT2D eigenvalue weighted by Crippen LogP contribution is 2.30. The number of anilines is 1. The summed E-state index contributed by atoms with van der Waals surface area (Å²) in [5.41, 5.74) is 4.29. The molecular formula is C23H26N6O3. The minimum Gasteiger partial charge on any atom is -0.470 e.